The average molecular weight is 424 g/mol. The second kappa shape index (κ2) is 17.2. The molecule has 8 heteroatoms. The third kappa shape index (κ3) is 12.5. The van der Waals surface area contributed by atoms with E-state index in [1.54, 1.807) is 0 Å². The summed E-state index contributed by atoms with van der Waals surface area (Å²) >= 11 is 4.33. The number of hydrogen-bond acceptors (Lipinski definition) is 7. The molecule has 27 heavy (non-hydrogen) atoms. The van der Waals surface area contributed by atoms with Crippen molar-refractivity contribution in [3.8, 4) is 0 Å². The monoisotopic (exact) mass is 423 g/mol. The highest BCUT2D eigenvalue weighted by molar-refractivity contribution is 7.80. The molecule has 1 aliphatic heterocycles. The van der Waals surface area contributed by atoms with E-state index in [0.717, 1.165) is 50.6 Å². The van der Waals surface area contributed by atoms with Gasteiger partial charge < -0.3 is 18.3 Å². The van der Waals surface area contributed by atoms with Crippen LogP contribution in [0.3, 0.4) is 0 Å². The Balaban J connectivity index is 2.28. The molecule has 0 bridgehead atoms. The third-order valence-corrected chi connectivity index (χ3v) is 7.64. The first-order valence-corrected chi connectivity index (χ1v) is 13.3. The molecular weight excluding hydrogens is 382 g/mol. The molecule has 0 spiro atoms. The van der Waals surface area contributed by atoms with Gasteiger partial charge in [-0.15, -0.1) is 0 Å². The molecule has 0 radical (unpaired) electrons. The number of hydrogen-bond donors (Lipinski definition) is 2. The highest BCUT2D eigenvalue weighted by atomic mass is 32.1. The Kier molecular flexibility index (Phi) is 16.2. The molecule has 2 atom stereocenters. The molecule has 0 aromatic rings. The molecule has 1 aliphatic rings. The average Bonchev–Trinajstić information content (AvgIpc) is 2.66. The largest absolute Gasteiger partial charge is 0.518 e. The van der Waals surface area contributed by atoms with Gasteiger partial charge in [0.05, 0.1) is 26.4 Å². The Morgan fingerprint density at radius 1 is 1.00 bits per heavy atom. The number of nitrogens with one attached hydrogen (secondary N) is 1. The number of rotatable bonds is 16. The third-order valence-electron chi connectivity index (χ3n) is 4.62. The number of unbranched alkanes of at least 4 members (excludes halogenated alkanes) is 2. The lowest BCUT2D eigenvalue weighted by atomic mass is 9.99. The lowest BCUT2D eigenvalue weighted by Gasteiger charge is -2.33. The van der Waals surface area contributed by atoms with Crippen molar-refractivity contribution in [3.05, 3.63) is 0 Å². The standard InChI is InChI=1S/C19H41NO5SSi/c1-3-5-8-19-9-11-23-27(17-7-16-26,25-20-18-19)24-15-14-22-13-12-21-10-6-4-2/h19-20,26H,3-18H2,1-2H3. The topological polar surface area (TPSA) is 58.2 Å². The Labute approximate surface area is 172 Å². The number of ether oxygens (including phenoxy) is 2. The van der Waals surface area contributed by atoms with Crippen LogP contribution in [0.1, 0.15) is 58.8 Å². The van der Waals surface area contributed by atoms with Crippen molar-refractivity contribution in [1.29, 1.82) is 0 Å². The van der Waals surface area contributed by atoms with Crippen LogP contribution in [0.15, 0.2) is 0 Å². The van der Waals surface area contributed by atoms with E-state index in [2.05, 4.69) is 32.0 Å². The van der Waals surface area contributed by atoms with Gasteiger partial charge >= 0.3 is 8.80 Å². The van der Waals surface area contributed by atoms with E-state index in [1.165, 1.54) is 19.3 Å². The summed E-state index contributed by atoms with van der Waals surface area (Å²) < 4.78 is 29.3. The fraction of sp³-hybridized carbons (Fsp3) is 1.00. The van der Waals surface area contributed by atoms with Gasteiger partial charge in [0.25, 0.3) is 0 Å². The number of hydroxylamine groups is 1. The molecule has 1 fully saturated rings. The summed E-state index contributed by atoms with van der Waals surface area (Å²) in [4.78, 5) is 0. The minimum atomic E-state index is -2.70. The molecular formula is C19H41NO5SSi. The normalized spacial score (nSPS) is 23.9. The summed E-state index contributed by atoms with van der Waals surface area (Å²) in [5.74, 6) is 1.41. The van der Waals surface area contributed by atoms with Crippen molar-refractivity contribution < 1.29 is 22.9 Å². The summed E-state index contributed by atoms with van der Waals surface area (Å²) in [7, 11) is -2.70. The zero-order valence-corrected chi connectivity index (χ0v) is 19.3. The molecule has 0 aromatic carbocycles. The zero-order valence-electron chi connectivity index (χ0n) is 17.4. The first-order chi connectivity index (χ1) is 13.3. The fourth-order valence-electron chi connectivity index (χ4n) is 2.91. The molecule has 0 saturated carbocycles. The van der Waals surface area contributed by atoms with Crippen molar-refractivity contribution in [1.82, 2.24) is 5.48 Å². The molecule has 2 unspecified atom stereocenters. The van der Waals surface area contributed by atoms with Gasteiger partial charge in [0, 0.05) is 25.8 Å². The highest BCUT2D eigenvalue weighted by Gasteiger charge is 2.42. The van der Waals surface area contributed by atoms with Gasteiger partial charge in [-0.3, -0.25) is 4.53 Å². The van der Waals surface area contributed by atoms with Crippen molar-refractivity contribution in [2.24, 2.45) is 5.92 Å². The summed E-state index contributed by atoms with van der Waals surface area (Å²) in [6.45, 7) is 9.01. The quantitative estimate of drug-likeness (QED) is 0.223. The maximum Gasteiger partial charge on any atom is 0.518 e. The van der Waals surface area contributed by atoms with Crippen molar-refractivity contribution in [2.75, 3.05) is 51.9 Å². The van der Waals surface area contributed by atoms with Gasteiger partial charge in [0.2, 0.25) is 0 Å². The van der Waals surface area contributed by atoms with Crippen LogP contribution in [0, 0.1) is 5.92 Å². The van der Waals surface area contributed by atoms with Crippen LogP contribution in [0.5, 0.6) is 0 Å². The Morgan fingerprint density at radius 2 is 1.74 bits per heavy atom. The van der Waals surface area contributed by atoms with E-state index in [4.69, 9.17) is 22.9 Å². The minimum Gasteiger partial charge on any atom is -0.379 e. The van der Waals surface area contributed by atoms with Crippen LogP contribution >= 0.6 is 12.6 Å². The van der Waals surface area contributed by atoms with Crippen LogP contribution in [0.4, 0.5) is 0 Å². The van der Waals surface area contributed by atoms with Crippen molar-refractivity contribution in [2.45, 2.75) is 64.8 Å². The lowest BCUT2D eigenvalue weighted by Crippen LogP contribution is -2.52. The molecule has 6 nitrogen and oxygen atoms in total. The van der Waals surface area contributed by atoms with E-state index in [0.29, 0.717) is 39.0 Å². The van der Waals surface area contributed by atoms with Gasteiger partial charge in [0.15, 0.2) is 0 Å². The van der Waals surface area contributed by atoms with Gasteiger partial charge in [-0.2, -0.15) is 12.6 Å². The molecule has 1 rings (SSSR count). The Bertz CT molecular complexity index is 331. The van der Waals surface area contributed by atoms with E-state index in [9.17, 15) is 0 Å². The molecule has 0 amide bonds. The minimum absolute atomic E-state index is 0.481. The van der Waals surface area contributed by atoms with Crippen LogP contribution in [-0.4, -0.2) is 60.7 Å². The van der Waals surface area contributed by atoms with Crippen LogP contribution in [0.2, 0.25) is 6.04 Å². The summed E-state index contributed by atoms with van der Waals surface area (Å²) in [6.07, 6.45) is 7.93. The molecule has 0 aromatic heterocycles. The maximum absolute atomic E-state index is 6.17. The molecule has 0 aliphatic carbocycles. The van der Waals surface area contributed by atoms with E-state index in [1.807, 2.05) is 0 Å². The SMILES string of the molecule is CCCCOCCOCCO[Si]1(CCCS)OCCC(CCCC)CNO1. The summed E-state index contributed by atoms with van der Waals surface area (Å²) in [5, 5.41) is 0. The van der Waals surface area contributed by atoms with E-state index in [-0.39, 0.29) is 0 Å². The second-order valence-electron chi connectivity index (χ2n) is 7.03. The van der Waals surface area contributed by atoms with Crippen LogP contribution in [0.25, 0.3) is 0 Å². The predicted octanol–water partition coefficient (Wildman–Crippen LogP) is 3.84. The molecule has 1 heterocycles. The van der Waals surface area contributed by atoms with Crippen LogP contribution < -0.4 is 5.48 Å². The smallest absolute Gasteiger partial charge is 0.379 e. The van der Waals surface area contributed by atoms with Gasteiger partial charge in [0.1, 0.15) is 0 Å². The predicted molar refractivity (Wildman–Crippen MR) is 114 cm³/mol. The van der Waals surface area contributed by atoms with E-state index >= 15 is 0 Å². The van der Waals surface area contributed by atoms with Gasteiger partial charge in [-0.1, -0.05) is 33.1 Å². The highest BCUT2D eigenvalue weighted by Crippen LogP contribution is 2.22. The fourth-order valence-corrected chi connectivity index (χ4v) is 5.69. The first-order valence-electron chi connectivity index (χ1n) is 10.7. The Hall–Kier alpha value is 0.327. The van der Waals surface area contributed by atoms with Gasteiger partial charge in [-0.25, -0.2) is 5.48 Å². The van der Waals surface area contributed by atoms with Gasteiger partial charge in [-0.05, 0) is 37.4 Å². The zero-order chi connectivity index (χ0) is 19.6. The van der Waals surface area contributed by atoms with Crippen molar-refractivity contribution in [3.63, 3.8) is 0 Å². The van der Waals surface area contributed by atoms with E-state index < -0.39 is 8.80 Å². The maximum atomic E-state index is 6.17. The summed E-state index contributed by atoms with van der Waals surface area (Å²) in [6, 6.07) is 0.781. The molecule has 1 saturated heterocycles. The lowest BCUT2D eigenvalue weighted by molar-refractivity contribution is -0.0209. The molecule has 162 valence electrons. The van der Waals surface area contributed by atoms with Crippen LogP contribution in [-0.2, 0) is 22.9 Å². The van der Waals surface area contributed by atoms with Crippen molar-refractivity contribution >= 4 is 21.4 Å². The second-order valence-corrected chi connectivity index (χ2v) is 10.1. The Morgan fingerprint density at radius 3 is 2.48 bits per heavy atom. The first kappa shape index (κ1) is 25.4. The summed E-state index contributed by atoms with van der Waals surface area (Å²) in [5.41, 5.74) is 3.15. The number of thiol groups is 1. The molecule has 1 N–H and O–H groups in total.